The molecule has 15 nitrogen and oxygen atoms in total. The minimum absolute atomic E-state index is 0.0369. The molecule has 0 aromatic rings. The average molecular weight is 907 g/mol. The summed E-state index contributed by atoms with van der Waals surface area (Å²) in [5.41, 5.74) is -1.51. The van der Waals surface area contributed by atoms with Crippen LogP contribution < -0.4 is 0 Å². The molecular weight excluding hydrogens is 829 g/mol. The maximum Gasteiger partial charge on any atom is 0.308 e. The van der Waals surface area contributed by atoms with Crippen LogP contribution in [0.1, 0.15) is 93.4 Å². The molecule has 2 bridgehead atoms. The number of carbonyl (C=O) groups excluding carboxylic acids is 1. The molecule has 15 heteroatoms. The van der Waals surface area contributed by atoms with E-state index >= 15 is 0 Å². The Hall–Kier alpha value is -2.87. The van der Waals surface area contributed by atoms with Gasteiger partial charge in [-0.25, -0.2) is 0 Å². The number of hydrogen-bond donors (Lipinski definition) is 10. The molecule has 364 valence electrons. The van der Waals surface area contributed by atoms with E-state index in [4.69, 9.17) is 18.9 Å². The summed E-state index contributed by atoms with van der Waals surface area (Å²) >= 11 is 0. The van der Waals surface area contributed by atoms with E-state index in [1.54, 1.807) is 59.8 Å². The molecule has 2 saturated heterocycles. The first-order valence-electron chi connectivity index (χ1n) is 22.8. The van der Waals surface area contributed by atoms with E-state index < -0.39 is 127 Å². The van der Waals surface area contributed by atoms with E-state index in [0.717, 1.165) is 0 Å². The quantitative estimate of drug-likeness (QED) is 0.179. The summed E-state index contributed by atoms with van der Waals surface area (Å²) in [7, 11) is 0. The van der Waals surface area contributed by atoms with Crippen molar-refractivity contribution in [2.75, 3.05) is 0 Å². The molecule has 0 spiro atoms. The number of allylic oxidation sites excluding steroid dienone is 12. The Morgan fingerprint density at radius 2 is 1.12 bits per heavy atom. The molecule has 0 amide bonds. The van der Waals surface area contributed by atoms with Gasteiger partial charge in [0.25, 0.3) is 0 Å². The molecular formula is C49H78O15. The highest BCUT2D eigenvalue weighted by Crippen LogP contribution is 2.39. The molecule has 20 atom stereocenters. The van der Waals surface area contributed by atoms with E-state index in [-0.39, 0.29) is 44.4 Å². The summed E-state index contributed by atoms with van der Waals surface area (Å²) in [4.78, 5) is 12.6. The van der Waals surface area contributed by atoms with Crippen LogP contribution in [0.3, 0.4) is 0 Å². The first-order chi connectivity index (χ1) is 30.1. The lowest BCUT2D eigenvalue weighted by molar-refractivity contribution is -0.295. The molecule has 10 N–H and O–H groups in total. The van der Waals surface area contributed by atoms with Gasteiger partial charge in [0, 0.05) is 42.9 Å². The molecule has 64 heavy (non-hydrogen) atoms. The normalized spacial score (nSPS) is 47.3. The number of carbonyl (C=O) groups is 1. The van der Waals surface area contributed by atoms with E-state index in [1.807, 2.05) is 73.8 Å². The van der Waals surface area contributed by atoms with Crippen molar-refractivity contribution < 1.29 is 74.8 Å². The Bertz CT molecular complexity index is 1590. The predicted octanol–water partition coefficient (Wildman–Crippen LogP) is 3.00. The molecule has 2 fully saturated rings. The third-order valence-electron chi connectivity index (χ3n) is 12.9. The van der Waals surface area contributed by atoms with Crippen LogP contribution in [0, 0.1) is 23.7 Å². The van der Waals surface area contributed by atoms with Crippen LogP contribution in [-0.4, -0.2) is 154 Å². The van der Waals surface area contributed by atoms with Crippen molar-refractivity contribution in [3.8, 4) is 0 Å². The lowest BCUT2D eigenvalue weighted by atomic mass is 9.77. The Kier molecular flexibility index (Phi) is 23.5. The predicted molar refractivity (Wildman–Crippen MR) is 241 cm³/mol. The van der Waals surface area contributed by atoms with Gasteiger partial charge in [-0.05, 0) is 40.0 Å². The summed E-state index contributed by atoms with van der Waals surface area (Å²) in [6.07, 6.45) is 8.40. The summed E-state index contributed by atoms with van der Waals surface area (Å²) < 4.78 is 24.1. The van der Waals surface area contributed by atoms with E-state index in [9.17, 15) is 55.9 Å². The largest absolute Gasteiger partial charge is 0.462 e. The van der Waals surface area contributed by atoms with E-state index in [0.29, 0.717) is 0 Å². The van der Waals surface area contributed by atoms with Crippen LogP contribution in [0.25, 0.3) is 0 Å². The van der Waals surface area contributed by atoms with Crippen LogP contribution in [0.5, 0.6) is 0 Å². The maximum absolute atomic E-state index is 12.6. The van der Waals surface area contributed by atoms with Gasteiger partial charge in [0.15, 0.2) is 6.29 Å². The van der Waals surface area contributed by atoms with Crippen molar-refractivity contribution in [2.24, 2.45) is 23.7 Å². The fraction of sp³-hybridized carbons (Fsp3) is 0.694. The van der Waals surface area contributed by atoms with Gasteiger partial charge < -0.3 is 70.0 Å². The zero-order chi connectivity index (χ0) is 47.7. The Labute approximate surface area is 379 Å². The first kappa shape index (κ1) is 55.5. The number of hydrogen-bond acceptors (Lipinski definition) is 15. The summed E-state index contributed by atoms with van der Waals surface area (Å²) in [5, 5.41) is 109. The third-order valence-corrected chi connectivity index (χ3v) is 12.9. The standard InChI is InChI=1S/C49H78O15/c1-29-20-18-16-14-12-10-8-9-11-13-15-17-19-21-38(63-48-46(59)32(4)44(57)34(6)62-48)27-41-31(3)45(58)47(60)49(7,64-41)28-37(52)25-40(54)39(53)23-22-35(50)24-36(51)26-42(55)61-33(5)30(2)43(29)56/h8-21,29-41,43-48,50-54,56-60H,22-28H2,1-7H3/b9-8+,12-10+,13-11+,16-14+,17-15+,20-18+,21-19+/t29-,30-,31-,32?,33-,34?,35+,36+,37-,38-,39+,40+,41-,43+,44?,45+,46?,47?,48?,49+/m0/s1. The second-order valence-electron chi connectivity index (χ2n) is 18.4. The Morgan fingerprint density at radius 3 is 1.72 bits per heavy atom. The highest BCUT2D eigenvalue weighted by molar-refractivity contribution is 5.70. The van der Waals surface area contributed by atoms with Crippen molar-refractivity contribution in [3.63, 3.8) is 0 Å². The van der Waals surface area contributed by atoms with Gasteiger partial charge in [-0.1, -0.05) is 113 Å². The fourth-order valence-corrected chi connectivity index (χ4v) is 8.32. The van der Waals surface area contributed by atoms with Gasteiger partial charge in [0.1, 0.15) is 18.3 Å². The van der Waals surface area contributed by atoms with Crippen LogP contribution in [0.2, 0.25) is 0 Å². The molecule has 0 radical (unpaired) electrons. The molecule has 0 aromatic heterocycles. The van der Waals surface area contributed by atoms with Crippen molar-refractivity contribution in [2.45, 2.75) is 191 Å². The van der Waals surface area contributed by atoms with Gasteiger partial charge in [0.05, 0.1) is 79.2 Å². The highest BCUT2D eigenvalue weighted by Gasteiger charge is 2.51. The lowest BCUT2D eigenvalue weighted by Gasteiger charge is -2.49. The van der Waals surface area contributed by atoms with E-state index in [2.05, 4.69) is 0 Å². The van der Waals surface area contributed by atoms with Crippen LogP contribution in [0.15, 0.2) is 85.1 Å². The SMILES string of the molecule is CC1OC(O[C@H]2/C=C/C=C/C=C/C=C/C=C/C=C/C=C/[C@H](C)[C@@H](O)[C@@H](C)[C@H](C)OC(=O)C[C@H](O)C[C@H](O)CC[C@@H](O)[C@H](O)C[C@H](O)C[C@@]3(C)O[C@@H](C2)[C@H](C)[C@@H](O)C3O)C(O)C(C)C1O. The van der Waals surface area contributed by atoms with Gasteiger partial charge in [0.2, 0.25) is 0 Å². The molecule has 3 aliphatic heterocycles. The summed E-state index contributed by atoms with van der Waals surface area (Å²) in [6, 6.07) is 0. The van der Waals surface area contributed by atoms with Gasteiger partial charge in [-0.2, -0.15) is 0 Å². The van der Waals surface area contributed by atoms with Crippen LogP contribution in [-0.2, 0) is 23.7 Å². The van der Waals surface area contributed by atoms with Crippen molar-refractivity contribution in [1.82, 2.24) is 0 Å². The van der Waals surface area contributed by atoms with Gasteiger partial charge in [-0.15, -0.1) is 0 Å². The summed E-state index contributed by atoms with van der Waals surface area (Å²) in [6.45, 7) is 11.9. The van der Waals surface area contributed by atoms with Crippen LogP contribution >= 0.6 is 0 Å². The smallest absolute Gasteiger partial charge is 0.308 e. The molecule has 0 saturated carbocycles. The first-order valence-corrected chi connectivity index (χ1v) is 22.8. The number of ether oxygens (including phenoxy) is 4. The average Bonchev–Trinajstić information content (AvgIpc) is 3.23. The highest BCUT2D eigenvalue weighted by atomic mass is 16.7. The molecule has 3 rings (SSSR count). The number of aliphatic hydroxyl groups is 10. The molecule has 0 aromatic carbocycles. The maximum atomic E-state index is 12.6. The second-order valence-corrected chi connectivity index (χ2v) is 18.4. The van der Waals surface area contributed by atoms with Crippen molar-refractivity contribution in [1.29, 1.82) is 0 Å². The topological polar surface area (TPSA) is 256 Å². The number of esters is 1. The second kappa shape index (κ2) is 27.1. The number of aliphatic hydroxyl groups excluding tert-OH is 10. The number of fused-ring (bicyclic) bond motifs is 2. The Balaban J connectivity index is 1.84. The summed E-state index contributed by atoms with van der Waals surface area (Å²) in [5.74, 6) is -2.53. The number of rotatable bonds is 2. The molecule has 6 unspecified atom stereocenters. The zero-order valence-electron chi connectivity index (χ0n) is 38.5. The monoisotopic (exact) mass is 907 g/mol. The van der Waals surface area contributed by atoms with Crippen molar-refractivity contribution >= 4 is 5.97 Å². The van der Waals surface area contributed by atoms with Crippen LogP contribution in [0.4, 0.5) is 0 Å². The minimum Gasteiger partial charge on any atom is -0.462 e. The molecule has 3 aliphatic rings. The third kappa shape index (κ3) is 17.4. The molecule has 3 heterocycles. The lowest BCUT2D eigenvalue weighted by Crippen LogP contribution is -2.61. The van der Waals surface area contributed by atoms with Gasteiger partial charge in [-0.3, -0.25) is 4.79 Å². The fourth-order valence-electron chi connectivity index (χ4n) is 8.32. The molecule has 0 aliphatic carbocycles. The van der Waals surface area contributed by atoms with E-state index in [1.165, 1.54) is 0 Å². The van der Waals surface area contributed by atoms with Crippen molar-refractivity contribution in [3.05, 3.63) is 85.1 Å². The minimum atomic E-state index is -1.51. The van der Waals surface area contributed by atoms with Gasteiger partial charge >= 0.3 is 5.97 Å². The zero-order valence-corrected chi connectivity index (χ0v) is 38.5. The Morgan fingerprint density at radius 1 is 0.562 bits per heavy atom. The number of cyclic esters (lactones) is 1.